The first kappa shape index (κ1) is 23.5. The van der Waals surface area contributed by atoms with Crippen LogP contribution in [0.3, 0.4) is 0 Å². The van der Waals surface area contributed by atoms with E-state index >= 15 is 0 Å². The maximum atomic E-state index is 13.7. The van der Waals surface area contributed by atoms with E-state index in [0.717, 1.165) is 22.5 Å². The molecular weight excluding hydrogens is 468 g/mol. The summed E-state index contributed by atoms with van der Waals surface area (Å²) in [5, 5.41) is 3.48. The highest BCUT2D eigenvalue weighted by atomic mass is 32.2. The molecule has 0 aliphatic heterocycles. The molecule has 3 N–H and O–H groups in total. The maximum Gasteiger partial charge on any atom is 0.211 e. The minimum Gasteiger partial charge on any atom is -0.497 e. The minimum atomic E-state index is -4.04. The number of nitrogens with one attached hydrogen (secondary N) is 1. The van der Waals surface area contributed by atoms with Crippen LogP contribution in [0, 0.1) is 13.8 Å². The molecule has 0 bridgehead atoms. The molecule has 0 aliphatic carbocycles. The number of carbonyl (C=O) groups excluding carboxylic acids is 1. The van der Waals surface area contributed by atoms with Gasteiger partial charge in [-0.1, -0.05) is 36.4 Å². The van der Waals surface area contributed by atoms with Gasteiger partial charge in [0.1, 0.15) is 20.5 Å². The smallest absolute Gasteiger partial charge is 0.211 e. The topological polar surface area (TPSA) is 98.5 Å². The van der Waals surface area contributed by atoms with Crippen LogP contribution in [0.4, 0.5) is 16.4 Å². The molecule has 0 aliphatic rings. The first-order valence-electron chi connectivity index (χ1n) is 10.5. The van der Waals surface area contributed by atoms with Crippen molar-refractivity contribution in [3.8, 4) is 5.75 Å². The average Bonchev–Trinajstić information content (AvgIpc) is 3.17. The third kappa shape index (κ3) is 4.42. The summed E-state index contributed by atoms with van der Waals surface area (Å²) in [4.78, 5) is 13.3. The van der Waals surface area contributed by atoms with Crippen molar-refractivity contribution in [3.05, 3.63) is 94.4 Å². The summed E-state index contributed by atoms with van der Waals surface area (Å²) in [6, 6.07) is 20.5. The second-order valence-electron chi connectivity index (χ2n) is 7.80. The van der Waals surface area contributed by atoms with Gasteiger partial charge >= 0.3 is 0 Å². The van der Waals surface area contributed by atoms with Gasteiger partial charge in [-0.05, 0) is 61.4 Å². The second kappa shape index (κ2) is 9.32. The molecule has 1 heterocycles. The van der Waals surface area contributed by atoms with E-state index in [-0.39, 0.29) is 31.1 Å². The van der Waals surface area contributed by atoms with Crippen LogP contribution in [0.25, 0.3) is 0 Å². The Morgan fingerprint density at radius 2 is 1.62 bits per heavy atom. The number of benzene rings is 3. The Bertz CT molecular complexity index is 1460. The fourth-order valence-corrected chi connectivity index (χ4v) is 6.42. The van der Waals surface area contributed by atoms with Crippen molar-refractivity contribution in [3.63, 3.8) is 0 Å². The molecule has 6 nitrogen and oxygen atoms in total. The third-order valence-corrected chi connectivity index (χ3v) is 8.65. The summed E-state index contributed by atoms with van der Waals surface area (Å²) in [5.74, 6) is 0.202. The number of thiophene rings is 1. The van der Waals surface area contributed by atoms with Crippen LogP contribution < -0.4 is 15.8 Å². The van der Waals surface area contributed by atoms with E-state index in [1.54, 1.807) is 42.5 Å². The van der Waals surface area contributed by atoms with Gasteiger partial charge in [0, 0.05) is 11.3 Å². The van der Waals surface area contributed by atoms with Crippen molar-refractivity contribution < 1.29 is 17.9 Å². The lowest BCUT2D eigenvalue weighted by molar-refractivity contribution is 0.104. The summed E-state index contributed by atoms with van der Waals surface area (Å²) in [6.45, 7) is 3.97. The fourth-order valence-electron chi connectivity index (χ4n) is 3.49. The monoisotopic (exact) mass is 492 g/mol. The molecule has 3 aromatic carbocycles. The lowest BCUT2D eigenvalue weighted by Gasteiger charge is -2.11. The highest BCUT2D eigenvalue weighted by Crippen LogP contribution is 2.44. The zero-order chi connectivity index (χ0) is 24.5. The first-order valence-corrected chi connectivity index (χ1v) is 12.8. The number of ketones is 1. The summed E-state index contributed by atoms with van der Waals surface area (Å²) in [5.41, 5.74) is 9.61. The number of hydrogen-bond acceptors (Lipinski definition) is 7. The molecule has 4 aromatic rings. The van der Waals surface area contributed by atoms with Gasteiger partial charge in [0.15, 0.2) is 0 Å². The van der Waals surface area contributed by atoms with Gasteiger partial charge in [-0.2, -0.15) is 0 Å². The number of ether oxygens (including phenoxy) is 1. The second-order valence-corrected chi connectivity index (χ2v) is 10.7. The predicted octanol–water partition coefficient (Wildman–Crippen LogP) is 5.76. The van der Waals surface area contributed by atoms with Gasteiger partial charge in [-0.25, -0.2) is 8.42 Å². The molecule has 8 heteroatoms. The van der Waals surface area contributed by atoms with Crippen molar-refractivity contribution in [2.24, 2.45) is 0 Å². The molecule has 1 aromatic heterocycles. The third-order valence-electron chi connectivity index (χ3n) is 5.55. The Balaban J connectivity index is 1.87. The molecule has 0 atom stereocenters. The van der Waals surface area contributed by atoms with Crippen LogP contribution in [0.1, 0.15) is 26.4 Å². The van der Waals surface area contributed by atoms with Crippen molar-refractivity contribution in [1.29, 1.82) is 0 Å². The van der Waals surface area contributed by atoms with Crippen molar-refractivity contribution in [2.45, 2.75) is 23.6 Å². The number of methoxy groups -OCH3 is 1. The normalized spacial score (nSPS) is 11.3. The standard InChI is InChI=1S/C26H24N2O4S2/c1-16-9-10-19(15-17(16)2)28-26-25(34(30,31)21-13-11-20(32-3)12-14-21)22(27)24(33-26)23(29)18-7-5-4-6-8-18/h4-15,28H,27H2,1-3H3. The Labute approximate surface area is 202 Å². The number of sulfone groups is 1. The van der Waals surface area contributed by atoms with E-state index in [0.29, 0.717) is 17.0 Å². The zero-order valence-corrected chi connectivity index (χ0v) is 20.6. The number of nitrogens with two attached hydrogens (primary N) is 1. The molecule has 34 heavy (non-hydrogen) atoms. The quantitative estimate of drug-likeness (QED) is 0.318. The van der Waals surface area contributed by atoms with Gasteiger partial charge in [0.25, 0.3) is 0 Å². The van der Waals surface area contributed by atoms with Crippen LogP contribution in [0.2, 0.25) is 0 Å². The maximum absolute atomic E-state index is 13.7. The highest BCUT2D eigenvalue weighted by Gasteiger charge is 2.31. The van der Waals surface area contributed by atoms with E-state index < -0.39 is 9.84 Å². The van der Waals surface area contributed by atoms with E-state index in [1.807, 2.05) is 32.0 Å². The number of nitrogen functional groups attached to an aromatic ring is 1. The van der Waals surface area contributed by atoms with Gasteiger partial charge in [0.05, 0.1) is 17.7 Å². The Hall–Kier alpha value is -3.62. The summed E-state index contributed by atoms with van der Waals surface area (Å²) in [6.07, 6.45) is 0. The molecule has 0 spiro atoms. The first-order chi connectivity index (χ1) is 16.2. The predicted molar refractivity (Wildman–Crippen MR) is 136 cm³/mol. The van der Waals surface area contributed by atoms with Crippen LogP contribution in [0.5, 0.6) is 5.75 Å². The van der Waals surface area contributed by atoms with Crippen molar-refractivity contribution >= 4 is 43.3 Å². The number of rotatable bonds is 7. The minimum absolute atomic E-state index is 0.0552. The number of hydrogen-bond donors (Lipinski definition) is 2. The van der Waals surface area contributed by atoms with Crippen molar-refractivity contribution in [1.82, 2.24) is 0 Å². The molecule has 0 amide bonds. The molecule has 0 saturated heterocycles. The highest BCUT2D eigenvalue weighted by molar-refractivity contribution is 7.92. The van der Waals surface area contributed by atoms with Crippen LogP contribution in [-0.2, 0) is 9.84 Å². The summed E-state index contributed by atoms with van der Waals surface area (Å²) < 4.78 is 32.5. The summed E-state index contributed by atoms with van der Waals surface area (Å²) >= 11 is 1.03. The Kier molecular flexibility index (Phi) is 6.45. The molecule has 0 saturated carbocycles. The van der Waals surface area contributed by atoms with E-state index in [2.05, 4.69) is 5.32 Å². The van der Waals surface area contributed by atoms with Gasteiger partial charge in [0.2, 0.25) is 15.6 Å². The number of aryl methyl sites for hydroxylation is 2. The molecular formula is C26H24N2O4S2. The van der Waals surface area contributed by atoms with Gasteiger partial charge in [-0.3, -0.25) is 4.79 Å². The largest absolute Gasteiger partial charge is 0.497 e. The molecule has 4 rings (SSSR count). The van der Waals surface area contributed by atoms with Crippen LogP contribution in [-0.4, -0.2) is 21.3 Å². The fraction of sp³-hybridized carbons (Fsp3) is 0.115. The van der Waals surface area contributed by atoms with Gasteiger partial charge in [-0.15, -0.1) is 11.3 Å². The number of carbonyl (C=O) groups is 1. The van der Waals surface area contributed by atoms with Crippen molar-refractivity contribution in [2.75, 3.05) is 18.2 Å². The van der Waals surface area contributed by atoms with E-state index in [4.69, 9.17) is 10.5 Å². The zero-order valence-electron chi connectivity index (χ0n) is 19.0. The Morgan fingerprint density at radius 3 is 2.24 bits per heavy atom. The Morgan fingerprint density at radius 1 is 0.941 bits per heavy atom. The van der Waals surface area contributed by atoms with Crippen LogP contribution in [0.15, 0.2) is 82.6 Å². The molecule has 0 radical (unpaired) electrons. The number of anilines is 3. The molecule has 0 unspecified atom stereocenters. The van der Waals surface area contributed by atoms with E-state index in [9.17, 15) is 13.2 Å². The summed E-state index contributed by atoms with van der Waals surface area (Å²) in [7, 11) is -2.54. The lowest BCUT2D eigenvalue weighted by atomic mass is 10.1. The van der Waals surface area contributed by atoms with E-state index in [1.165, 1.54) is 19.2 Å². The van der Waals surface area contributed by atoms with Gasteiger partial charge < -0.3 is 15.8 Å². The SMILES string of the molecule is COc1ccc(S(=O)(=O)c2c(Nc3ccc(C)c(C)c3)sc(C(=O)c3ccccc3)c2N)cc1. The lowest BCUT2D eigenvalue weighted by Crippen LogP contribution is -2.08. The average molecular weight is 493 g/mol. The molecule has 0 fully saturated rings. The van der Waals surface area contributed by atoms with Crippen LogP contribution >= 0.6 is 11.3 Å². The molecule has 174 valence electrons.